The number of benzene rings is 1. The Morgan fingerprint density at radius 1 is 1.07 bits per heavy atom. The fourth-order valence-corrected chi connectivity index (χ4v) is 2.85. The van der Waals surface area contributed by atoms with Gasteiger partial charge in [0, 0.05) is 24.9 Å². The maximum absolute atomic E-state index is 13.8. The van der Waals surface area contributed by atoms with Crippen molar-refractivity contribution in [2.24, 2.45) is 0 Å². The molecule has 0 saturated heterocycles. The summed E-state index contributed by atoms with van der Waals surface area (Å²) in [6.07, 6.45) is 4.76. The van der Waals surface area contributed by atoms with Gasteiger partial charge in [-0.3, -0.25) is 9.67 Å². The second kappa shape index (κ2) is 6.46. The Bertz CT molecular complexity index is 1100. The monoisotopic (exact) mass is 369 g/mol. The van der Waals surface area contributed by atoms with Crippen LogP contribution in [-0.4, -0.2) is 25.0 Å². The maximum atomic E-state index is 13.8. The summed E-state index contributed by atoms with van der Waals surface area (Å²) < 4.78 is 42.7. The van der Waals surface area contributed by atoms with E-state index in [1.165, 1.54) is 6.07 Å². The van der Waals surface area contributed by atoms with Crippen molar-refractivity contribution in [2.45, 2.75) is 19.4 Å². The second-order valence-corrected chi connectivity index (χ2v) is 6.23. The molecular formula is C19H14F3N5. The lowest BCUT2D eigenvalue weighted by molar-refractivity contribution is 0.0138. The first-order valence-electron chi connectivity index (χ1n) is 8.18. The van der Waals surface area contributed by atoms with Gasteiger partial charge in [-0.05, 0) is 35.9 Å². The quantitative estimate of drug-likeness (QED) is 0.541. The molecule has 3 heterocycles. The summed E-state index contributed by atoms with van der Waals surface area (Å²) in [7, 11) is 0. The molecule has 0 atom stereocenters. The summed E-state index contributed by atoms with van der Waals surface area (Å²) >= 11 is 0. The van der Waals surface area contributed by atoms with Crippen LogP contribution in [0.15, 0.2) is 55.0 Å². The van der Waals surface area contributed by atoms with Gasteiger partial charge in [0.05, 0.1) is 29.5 Å². The first-order chi connectivity index (χ1) is 12.9. The van der Waals surface area contributed by atoms with Crippen molar-refractivity contribution in [3.63, 3.8) is 0 Å². The average molecular weight is 369 g/mol. The first kappa shape index (κ1) is 17.1. The molecule has 0 aliphatic rings. The number of aromatic nitrogens is 5. The molecule has 0 fully saturated rings. The molecule has 0 radical (unpaired) electrons. The van der Waals surface area contributed by atoms with Crippen molar-refractivity contribution in [1.29, 1.82) is 0 Å². The smallest absolute Gasteiger partial charge is 0.257 e. The highest BCUT2D eigenvalue weighted by Crippen LogP contribution is 2.33. The minimum atomic E-state index is -3.27. The van der Waals surface area contributed by atoms with Crippen LogP contribution in [0.25, 0.3) is 22.2 Å². The zero-order chi connectivity index (χ0) is 19.0. The molecule has 0 spiro atoms. The molecule has 4 rings (SSSR count). The predicted octanol–water partition coefficient (Wildman–Crippen LogP) is 4.19. The van der Waals surface area contributed by atoms with E-state index < -0.39 is 17.3 Å². The minimum absolute atomic E-state index is 0.393. The lowest BCUT2D eigenvalue weighted by atomic mass is 10.0. The first-order valence-corrected chi connectivity index (χ1v) is 8.18. The summed E-state index contributed by atoms with van der Waals surface area (Å²) in [5.41, 5.74) is 2.50. The van der Waals surface area contributed by atoms with Gasteiger partial charge >= 0.3 is 0 Å². The minimum Gasteiger partial charge on any atom is -0.257 e. The number of hydrogen-bond donors (Lipinski definition) is 0. The fourth-order valence-electron chi connectivity index (χ4n) is 2.85. The van der Waals surface area contributed by atoms with Crippen LogP contribution in [0.4, 0.5) is 13.2 Å². The standard InChI is InChI=1S/C19H14F3N5/c1-19(21,22)15-7-12(4-5-16(15)20)13-8-18-17(23-9-13)10-25-27(18)11-14-3-2-6-24-26-14/h2-10H,11H2,1H3. The SMILES string of the molecule is CC(F)(F)c1cc(-c2cnc3cnn(Cc4cccnn4)c3c2)ccc1F. The van der Waals surface area contributed by atoms with Gasteiger partial charge in [0.2, 0.25) is 0 Å². The summed E-state index contributed by atoms with van der Waals surface area (Å²) in [5, 5.41) is 12.2. The van der Waals surface area contributed by atoms with Crippen LogP contribution in [0.2, 0.25) is 0 Å². The van der Waals surface area contributed by atoms with Crippen molar-refractivity contribution in [1.82, 2.24) is 25.0 Å². The zero-order valence-electron chi connectivity index (χ0n) is 14.3. The Kier molecular flexibility index (Phi) is 4.10. The number of halogens is 3. The largest absolute Gasteiger partial charge is 0.273 e. The normalized spacial score (nSPS) is 11.9. The molecule has 3 aromatic heterocycles. The molecule has 5 nitrogen and oxygen atoms in total. The van der Waals surface area contributed by atoms with Gasteiger partial charge in [-0.25, -0.2) is 13.2 Å². The van der Waals surface area contributed by atoms with E-state index in [4.69, 9.17) is 0 Å². The molecule has 0 saturated carbocycles. The van der Waals surface area contributed by atoms with Crippen molar-refractivity contribution in [2.75, 3.05) is 0 Å². The van der Waals surface area contributed by atoms with Crippen molar-refractivity contribution >= 4 is 11.0 Å². The third-order valence-corrected chi connectivity index (χ3v) is 4.21. The van der Waals surface area contributed by atoms with Crippen LogP contribution in [-0.2, 0) is 12.5 Å². The van der Waals surface area contributed by atoms with E-state index >= 15 is 0 Å². The molecule has 0 aliphatic carbocycles. The lowest BCUT2D eigenvalue weighted by Gasteiger charge is -2.13. The Labute approximate surface area is 152 Å². The molecule has 8 heteroatoms. The number of alkyl halides is 2. The summed E-state index contributed by atoms with van der Waals surface area (Å²) in [4.78, 5) is 4.33. The molecule has 4 aromatic rings. The van der Waals surface area contributed by atoms with Gasteiger partial charge in [0.25, 0.3) is 5.92 Å². The zero-order valence-corrected chi connectivity index (χ0v) is 14.3. The van der Waals surface area contributed by atoms with E-state index in [0.29, 0.717) is 35.6 Å². The lowest BCUT2D eigenvalue weighted by Crippen LogP contribution is -2.10. The molecular weight excluding hydrogens is 355 g/mol. The molecule has 0 unspecified atom stereocenters. The molecule has 136 valence electrons. The highest BCUT2D eigenvalue weighted by molar-refractivity contribution is 5.80. The van der Waals surface area contributed by atoms with E-state index in [1.807, 2.05) is 6.07 Å². The number of fused-ring (bicyclic) bond motifs is 1. The van der Waals surface area contributed by atoms with E-state index in [9.17, 15) is 13.2 Å². The van der Waals surface area contributed by atoms with Crippen LogP contribution in [0.5, 0.6) is 0 Å². The van der Waals surface area contributed by atoms with Crippen molar-refractivity contribution < 1.29 is 13.2 Å². The Morgan fingerprint density at radius 3 is 2.67 bits per heavy atom. The van der Waals surface area contributed by atoms with Crippen molar-refractivity contribution in [3.8, 4) is 11.1 Å². The predicted molar refractivity (Wildman–Crippen MR) is 93.6 cm³/mol. The van der Waals surface area contributed by atoms with Crippen molar-refractivity contribution in [3.05, 3.63) is 72.1 Å². The summed E-state index contributed by atoms with van der Waals surface area (Å²) in [6, 6.07) is 9.05. The fraction of sp³-hybridized carbons (Fsp3) is 0.158. The van der Waals surface area contributed by atoms with Gasteiger partial charge < -0.3 is 0 Å². The highest BCUT2D eigenvalue weighted by atomic mass is 19.3. The van der Waals surface area contributed by atoms with Gasteiger partial charge in [0.1, 0.15) is 11.3 Å². The second-order valence-electron chi connectivity index (χ2n) is 6.23. The van der Waals surface area contributed by atoms with Crippen LogP contribution in [0, 0.1) is 5.82 Å². The van der Waals surface area contributed by atoms with Gasteiger partial charge in [-0.2, -0.15) is 15.3 Å². The molecule has 0 N–H and O–H groups in total. The van der Waals surface area contributed by atoms with E-state index in [0.717, 1.165) is 17.8 Å². The topological polar surface area (TPSA) is 56.5 Å². The van der Waals surface area contributed by atoms with E-state index in [1.54, 1.807) is 35.4 Å². The van der Waals surface area contributed by atoms with Gasteiger partial charge in [-0.15, -0.1) is 0 Å². The third-order valence-electron chi connectivity index (χ3n) is 4.21. The summed E-state index contributed by atoms with van der Waals surface area (Å²) in [5.74, 6) is -4.21. The maximum Gasteiger partial charge on any atom is 0.273 e. The van der Waals surface area contributed by atoms with E-state index in [-0.39, 0.29) is 0 Å². The number of nitrogens with zero attached hydrogens (tertiary/aromatic N) is 5. The van der Waals surface area contributed by atoms with Crippen LogP contribution < -0.4 is 0 Å². The number of pyridine rings is 1. The van der Waals surface area contributed by atoms with Crippen LogP contribution in [0.3, 0.4) is 0 Å². The van der Waals surface area contributed by atoms with Gasteiger partial charge in [-0.1, -0.05) is 6.07 Å². The number of hydrogen-bond acceptors (Lipinski definition) is 4. The highest BCUT2D eigenvalue weighted by Gasteiger charge is 2.28. The van der Waals surface area contributed by atoms with E-state index in [2.05, 4.69) is 20.3 Å². The Balaban J connectivity index is 1.77. The molecule has 1 aromatic carbocycles. The number of rotatable bonds is 4. The molecule has 0 bridgehead atoms. The van der Waals surface area contributed by atoms with Crippen LogP contribution >= 0.6 is 0 Å². The molecule has 0 aliphatic heterocycles. The van der Waals surface area contributed by atoms with Crippen LogP contribution in [0.1, 0.15) is 18.2 Å². The Morgan fingerprint density at radius 2 is 1.93 bits per heavy atom. The molecule has 27 heavy (non-hydrogen) atoms. The van der Waals surface area contributed by atoms with Gasteiger partial charge in [0.15, 0.2) is 0 Å². The average Bonchev–Trinajstić information content (AvgIpc) is 3.04. The molecule has 0 amide bonds. The summed E-state index contributed by atoms with van der Waals surface area (Å²) in [6.45, 7) is 1.07. The Hall–Kier alpha value is -3.29. The third kappa shape index (κ3) is 3.38.